The van der Waals surface area contributed by atoms with Crippen molar-refractivity contribution in [1.29, 1.82) is 0 Å². The van der Waals surface area contributed by atoms with E-state index in [4.69, 9.17) is 4.74 Å². The van der Waals surface area contributed by atoms with Crippen molar-refractivity contribution in [2.75, 3.05) is 7.05 Å². The van der Waals surface area contributed by atoms with Crippen LogP contribution in [0, 0.1) is 12.7 Å². The Morgan fingerprint density at radius 2 is 1.84 bits per heavy atom. The Bertz CT molecular complexity index is 568. The molecule has 0 fully saturated rings. The van der Waals surface area contributed by atoms with Crippen LogP contribution in [0.2, 0.25) is 0 Å². The fourth-order valence-electron chi connectivity index (χ4n) is 1.79. The highest BCUT2D eigenvalue weighted by molar-refractivity contribution is 5.36. The van der Waals surface area contributed by atoms with Gasteiger partial charge in [0.15, 0.2) is 0 Å². The molecule has 1 unspecified atom stereocenters. The van der Waals surface area contributed by atoms with Crippen LogP contribution in [0.3, 0.4) is 0 Å². The van der Waals surface area contributed by atoms with Crippen molar-refractivity contribution in [2.24, 2.45) is 0 Å². The minimum absolute atomic E-state index is 0.248. The van der Waals surface area contributed by atoms with Gasteiger partial charge in [-0.2, -0.15) is 0 Å². The Labute approximate surface area is 113 Å². The maximum absolute atomic E-state index is 13.5. The molecule has 0 aliphatic rings. The van der Waals surface area contributed by atoms with Crippen molar-refractivity contribution < 1.29 is 9.13 Å². The van der Waals surface area contributed by atoms with Gasteiger partial charge in [0.2, 0.25) is 0 Å². The average Bonchev–Trinajstić information content (AvgIpc) is 2.42. The lowest BCUT2D eigenvalue weighted by Gasteiger charge is -2.12. The molecule has 19 heavy (non-hydrogen) atoms. The van der Waals surface area contributed by atoms with Crippen LogP contribution in [0.25, 0.3) is 0 Å². The number of aryl methyl sites for hydroxylation is 1. The van der Waals surface area contributed by atoms with Gasteiger partial charge in [0.1, 0.15) is 17.3 Å². The molecule has 0 spiro atoms. The van der Waals surface area contributed by atoms with Gasteiger partial charge >= 0.3 is 0 Å². The monoisotopic (exact) mass is 259 g/mol. The van der Waals surface area contributed by atoms with Crippen LogP contribution in [0.1, 0.15) is 24.1 Å². The summed E-state index contributed by atoms with van der Waals surface area (Å²) in [6, 6.07) is 12.9. The largest absolute Gasteiger partial charge is 0.457 e. The zero-order chi connectivity index (χ0) is 13.8. The van der Waals surface area contributed by atoms with Crippen molar-refractivity contribution >= 4 is 0 Å². The van der Waals surface area contributed by atoms with Crippen molar-refractivity contribution in [3.8, 4) is 11.5 Å². The van der Waals surface area contributed by atoms with Crippen LogP contribution in [-0.2, 0) is 0 Å². The van der Waals surface area contributed by atoms with Gasteiger partial charge in [-0.1, -0.05) is 18.2 Å². The number of benzene rings is 2. The molecule has 0 radical (unpaired) electrons. The molecule has 2 rings (SSSR count). The summed E-state index contributed by atoms with van der Waals surface area (Å²) in [6.45, 7) is 3.80. The molecule has 0 bridgehead atoms. The minimum Gasteiger partial charge on any atom is -0.457 e. The Morgan fingerprint density at radius 1 is 1.11 bits per heavy atom. The van der Waals surface area contributed by atoms with E-state index in [1.165, 1.54) is 6.07 Å². The summed E-state index contributed by atoms with van der Waals surface area (Å²) in [6.07, 6.45) is 0. The lowest BCUT2D eigenvalue weighted by Crippen LogP contribution is -2.11. The number of ether oxygens (including phenoxy) is 1. The highest BCUT2D eigenvalue weighted by Gasteiger charge is 2.05. The maximum Gasteiger partial charge on any atom is 0.130 e. The van der Waals surface area contributed by atoms with Crippen molar-refractivity contribution in [1.82, 2.24) is 5.32 Å². The van der Waals surface area contributed by atoms with Crippen LogP contribution in [-0.4, -0.2) is 7.05 Å². The Kier molecular flexibility index (Phi) is 4.17. The molecule has 2 nitrogen and oxygen atoms in total. The normalized spacial score (nSPS) is 12.2. The van der Waals surface area contributed by atoms with Crippen LogP contribution in [0.4, 0.5) is 4.39 Å². The van der Waals surface area contributed by atoms with E-state index < -0.39 is 0 Å². The molecule has 0 heterocycles. The van der Waals surface area contributed by atoms with E-state index in [-0.39, 0.29) is 11.9 Å². The second-order valence-electron chi connectivity index (χ2n) is 4.60. The Morgan fingerprint density at radius 3 is 2.53 bits per heavy atom. The molecule has 1 atom stereocenters. The smallest absolute Gasteiger partial charge is 0.130 e. The summed E-state index contributed by atoms with van der Waals surface area (Å²) in [4.78, 5) is 0. The SMILES string of the molecule is CNC(C)c1cccc(Oc2ccc(C)c(F)c2)c1. The Hall–Kier alpha value is -1.87. The summed E-state index contributed by atoms with van der Waals surface area (Å²) < 4.78 is 19.1. The van der Waals surface area contributed by atoms with Gasteiger partial charge in [-0.3, -0.25) is 0 Å². The number of hydrogen-bond acceptors (Lipinski definition) is 2. The fraction of sp³-hybridized carbons (Fsp3) is 0.250. The molecule has 0 saturated heterocycles. The van der Waals surface area contributed by atoms with Crippen LogP contribution in [0.5, 0.6) is 11.5 Å². The molecule has 0 aliphatic heterocycles. The minimum atomic E-state index is -0.253. The average molecular weight is 259 g/mol. The number of nitrogens with one attached hydrogen (secondary N) is 1. The van der Waals surface area contributed by atoms with E-state index in [9.17, 15) is 4.39 Å². The van der Waals surface area contributed by atoms with Crippen molar-refractivity contribution in [2.45, 2.75) is 19.9 Å². The lowest BCUT2D eigenvalue weighted by atomic mass is 10.1. The van der Waals surface area contributed by atoms with Crippen LogP contribution in [0.15, 0.2) is 42.5 Å². The van der Waals surface area contributed by atoms with E-state index in [2.05, 4.69) is 12.2 Å². The van der Waals surface area contributed by atoms with E-state index in [0.29, 0.717) is 17.1 Å². The first-order valence-corrected chi connectivity index (χ1v) is 6.31. The van der Waals surface area contributed by atoms with E-state index >= 15 is 0 Å². The van der Waals surface area contributed by atoms with Gasteiger partial charge in [0.25, 0.3) is 0 Å². The van der Waals surface area contributed by atoms with E-state index in [1.54, 1.807) is 19.1 Å². The first-order chi connectivity index (χ1) is 9.10. The molecule has 1 N–H and O–H groups in total. The molecule has 0 aliphatic carbocycles. The number of halogens is 1. The summed E-state index contributed by atoms with van der Waals surface area (Å²) in [5, 5.41) is 3.17. The lowest BCUT2D eigenvalue weighted by molar-refractivity contribution is 0.474. The summed E-state index contributed by atoms with van der Waals surface area (Å²) in [5.74, 6) is 0.970. The molecule has 2 aromatic rings. The quantitative estimate of drug-likeness (QED) is 0.888. The second-order valence-corrected chi connectivity index (χ2v) is 4.60. The first kappa shape index (κ1) is 13.6. The first-order valence-electron chi connectivity index (χ1n) is 6.31. The molecule has 100 valence electrons. The second kappa shape index (κ2) is 5.85. The van der Waals surface area contributed by atoms with Crippen LogP contribution >= 0.6 is 0 Å². The van der Waals surface area contributed by atoms with Gasteiger partial charge in [-0.15, -0.1) is 0 Å². The topological polar surface area (TPSA) is 21.3 Å². The summed E-state index contributed by atoms with van der Waals surface area (Å²) in [7, 11) is 1.91. The summed E-state index contributed by atoms with van der Waals surface area (Å²) >= 11 is 0. The van der Waals surface area contributed by atoms with Gasteiger partial charge in [0, 0.05) is 12.1 Å². The van der Waals surface area contributed by atoms with E-state index in [1.807, 2.05) is 31.3 Å². The third-order valence-corrected chi connectivity index (χ3v) is 3.17. The number of hydrogen-bond donors (Lipinski definition) is 1. The zero-order valence-electron chi connectivity index (χ0n) is 11.4. The van der Waals surface area contributed by atoms with Crippen LogP contribution < -0.4 is 10.1 Å². The van der Waals surface area contributed by atoms with Gasteiger partial charge < -0.3 is 10.1 Å². The van der Waals surface area contributed by atoms with Gasteiger partial charge in [-0.25, -0.2) is 4.39 Å². The van der Waals surface area contributed by atoms with Gasteiger partial charge in [0.05, 0.1) is 0 Å². The molecule has 0 aromatic heterocycles. The summed E-state index contributed by atoms with van der Waals surface area (Å²) in [5.41, 5.74) is 1.75. The molecule has 0 saturated carbocycles. The Balaban J connectivity index is 2.20. The molecule has 3 heteroatoms. The highest BCUT2D eigenvalue weighted by atomic mass is 19.1. The van der Waals surface area contributed by atoms with Crippen molar-refractivity contribution in [3.05, 3.63) is 59.4 Å². The maximum atomic E-state index is 13.5. The van der Waals surface area contributed by atoms with Gasteiger partial charge in [-0.05, 0) is 50.2 Å². The molecular weight excluding hydrogens is 241 g/mol. The fourth-order valence-corrected chi connectivity index (χ4v) is 1.79. The van der Waals surface area contributed by atoms with Crippen molar-refractivity contribution in [3.63, 3.8) is 0 Å². The zero-order valence-corrected chi connectivity index (χ0v) is 11.4. The molecule has 2 aromatic carbocycles. The van der Waals surface area contributed by atoms with E-state index in [0.717, 1.165) is 5.56 Å². The third-order valence-electron chi connectivity index (χ3n) is 3.17. The third kappa shape index (κ3) is 3.32. The highest BCUT2D eigenvalue weighted by Crippen LogP contribution is 2.25. The predicted molar refractivity (Wildman–Crippen MR) is 75.1 cm³/mol. The molecular formula is C16H18FNO. The standard InChI is InChI=1S/C16H18FNO/c1-11-7-8-15(10-16(11)17)19-14-6-4-5-13(9-14)12(2)18-3/h4-10,12,18H,1-3H3. The number of rotatable bonds is 4. The molecule has 0 amide bonds. The predicted octanol–water partition coefficient (Wildman–Crippen LogP) is 4.21.